The summed E-state index contributed by atoms with van der Waals surface area (Å²) in [7, 11) is 0. The molecule has 1 aromatic carbocycles. The van der Waals surface area contributed by atoms with E-state index in [1.54, 1.807) is 0 Å². The molecule has 0 saturated heterocycles. The Balaban J connectivity index is 0.00000161. The number of benzene rings is 1. The summed E-state index contributed by atoms with van der Waals surface area (Å²) in [6.07, 6.45) is 1.82. The van der Waals surface area contributed by atoms with Crippen LogP contribution in [0.15, 0.2) is 12.1 Å². The molecule has 0 radical (unpaired) electrons. The first-order chi connectivity index (χ1) is 9.60. The van der Waals surface area contributed by atoms with Gasteiger partial charge in [-0.3, -0.25) is 9.67 Å². The van der Waals surface area contributed by atoms with Crippen molar-refractivity contribution in [3.63, 3.8) is 0 Å². The summed E-state index contributed by atoms with van der Waals surface area (Å²) in [4.78, 5) is 0. The van der Waals surface area contributed by atoms with Crippen LogP contribution in [-0.2, 0) is 19.4 Å². The Morgan fingerprint density at radius 1 is 1.43 bits per heavy atom. The molecule has 0 fully saturated rings. The van der Waals surface area contributed by atoms with E-state index in [9.17, 15) is 8.78 Å². The number of halogens is 3. The molecule has 1 aliphatic carbocycles. The highest BCUT2D eigenvalue weighted by Crippen LogP contribution is 2.31. The lowest BCUT2D eigenvalue weighted by molar-refractivity contribution is 0.414. The van der Waals surface area contributed by atoms with Crippen LogP contribution < -0.4 is 5.73 Å². The Morgan fingerprint density at radius 2 is 2.19 bits per heavy atom. The predicted molar refractivity (Wildman–Crippen MR) is 80.0 cm³/mol. The molecule has 114 valence electrons. The number of rotatable bonds is 2. The minimum Gasteiger partial charge on any atom is -0.324 e. The highest BCUT2D eigenvalue weighted by molar-refractivity contribution is 7.71. The van der Waals surface area contributed by atoms with Crippen molar-refractivity contribution in [3.05, 3.63) is 45.5 Å². The van der Waals surface area contributed by atoms with Crippen molar-refractivity contribution in [2.75, 3.05) is 0 Å². The number of hydrogen-bond donors (Lipinski definition) is 2. The van der Waals surface area contributed by atoms with Gasteiger partial charge in [0.25, 0.3) is 0 Å². The minimum atomic E-state index is -0.545. The van der Waals surface area contributed by atoms with Crippen LogP contribution in [0, 0.1) is 16.4 Å². The van der Waals surface area contributed by atoms with Crippen LogP contribution in [0.2, 0.25) is 0 Å². The largest absolute Gasteiger partial charge is 0.324 e. The second kappa shape index (κ2) is 6.21. The second-order valence-electron chi connectivity index (χ2n) is 4.94. The maximum Gasteiger partial charge on any atom is 0.195 e. The first kappa shape index (κ1) is 16.1. The summed E-state index contributed by atoms with van der Waals surface area (Å²) >= 11 is 5.21. The molecule has 0 amide bonds. The number of H-pyrrole nitrogens is 1. The number of aromatic nitrogens is 3. The third-order valence-electron chi connectivity index (χ3n) is 3.76. The lowest BCUT2D eigenvalue weighted by atomic mass is 9.87. The van der Waals surface area contributed by atoms with Crippen LogP contribution in [0.3, 0.4) is 0 Å². The van der Waals surface area contributed by atoms with Gasteiger partial charge in [-0.25, -0.2) is 8.78 Å². The van der Waals surface area contributed by atoms with Gasteiger partial charge in [0.05, 0.1) is 6.54 Å². The van der Waals surface area contributed by atoms with Crippen LogP contribution >= 0.6 is 24.6 Å². The van der Waals surface area contributed by atoms with Crippen molar-refractivity contribution in [1.29, 1.82) is 0 Å². The Labute approximate surface area is 131 Å². The van der Waals surface area contributed by atoms with Gasteiger partial charge in [-0.05, 0) is 48.7 Å². The van der Waals surface area contributed by atoms with E-state index in [0.717, 1.165) is 12.5 Å². The normalized spacial score (nSPS) is 17.2. The van der Waals surface area contributed by atoms with Crippen molar-refractivity contribution in [3.8, 4) is 0 Å². The molecule has 0 bridgehead atoms. The van der Waals surface area contributed by atoms with Gasteiger partial charge in [-0.15, -0.1) is 12.4 Å². The summed E-state index contributed by atoms with van der Waals surface area (Å²) in [5.74, 6) is -0.342. The van der Waals surface area contributed by atoms with Gasteiger partial charge in [0, 0.05) is 12.1 Å². The SMILES string of the molecule is Cl.NCc1n[nH]c(=S)n1C1CCc2c(F)cc(F)cc2C1. The molecule has 1 heterocycles. The van der Waals surface area contributed by atoms with Gasteiger partial charge in [0.15, 0.2) is 4.77 Å². The average molecular weight is 333 g/mol. The van der Waals surface area contributed by atoms with Gasteiger partial charge in [0.2, 0.25) is 0 Å². The molecule has 1 unspecified atom stereocenters. The van der Waals surface area contributed by atoms with E-state index >= 15 is 0 Å². The van der Waals surface area contributed by atoms with Gasteiger partial charge < -0.3 is 5.73 Å². The molecule has 1 aromatic heterocycles. The third-order valence-corrected chi connectivity index (χ3v) is 4.05. The highest BCUT2D eigenvalue weighted by atomic mass is 35.5. The van der Waals surface area contributed by atoms with E-state index < -0.39 is 11.6 Å². The van der Waals surface area contributed by atoms with Crippen LogP contribution in [0.4, 0.5) is 8.78 Å². The lowest BCUT2D eigenvalue weighted by Crippen LogP contribution is -2.22. The Morgan fingerprint density at radius 3 is 2.90 bits per heavy atom. The van der Waals surface area contributed by atoms with E-state index in [4.69, 9.17) is 18.0 Å². The number of nitrogens with one attached hydrogen (secondary N) is 1. The number of hydrogen-bond acceptors (Lipinski definition) is 3. The van der Waals surface area contributed by atoms with Crippen molar-refractivity contribution < 1.29 is 8.78 Å². The summed E-state index contributed by atoms with van der Waals surface area (Å²) in [6.45, 7) is 0.272. The van der Waals surface area contributed by atoms with Crippen LogP contribution in [0.5, 0.6) is 0 Å². The van der Waals surface area contributed by atoms with Crippen molar-refractivity contribution in [2.45, 2.75) is 31.8 Å². The fraction of sp³-hybridized carbons (Fsp3) is 0.385. The number of nitrogens with zero attached hydrogens (tertiary/aromatic N) is 2. The molecule has 0 saturated carbocycles. The fourth-order valence-corrected chi connectivity index (χ4v) is 3.16. The maximum absolute atomic E-state index is 13.7. The van der Waals surface area contributed by atoms with E-state index in [2.05, 4.69) is 10.2 Å². The Bertz CT molecular complexity index is 713. The molecule has 3 rings (SSSR count). The molecule has 0 aliphatic heterocycles. The number of fused-ring (bicyclic) bond motifs is 1. The zero-order valence-corrected chi connectivity index (χ0v) is 12.7. The first-order valence-electron chi connectivity index (χ1n) is 6.42. The van der Waals surface area contributed by atoms with Crippen LogP contribution in [-0.4, -0.2) is 14.8 Å². The zero-order valence-electron chi connectivity index (χ0n) is 11.1. The monoisotopic (exact) mass is 332 g/mol. The third kappa shape index (κ3) is 2.86. The van der Waals surface area contributed by atoms with E-state index in [0.29, 0.717) is 34.6 Å². The molecule has 2 aromatic rings. The number of nitrogens with two attached hydrogens (primary N) is 1. The molecule has 3 N–H and O–H groups in total. The fourth-order valence-electron chi connectivity index (χ4n) is 2.86. The zero-order chi connectivity index (χ0) is 14.3. The quantitative estimate of drug-likeness (QED) is 0.831. The molecule has 21 heavy (non-hydrogen) atoms. The second-order valence-corrected chi connectivity index (χ2v) is 5.33. The highest BCUT2D eigenvalue weighted by Gasteiger charge is 2.25. The van der Waals surface area contributed by atoms with Crippen LogP contribution in [0.1, 0.15) is 29.4 Å². The van der Waals surface area contributed by atoms with E-state index in [-0.39, 0.29) is 25.0 Å². The predicted octanol–water partition coefficient (Wildman–Crippen LogP) is 2.83. The van der Waals surface area contributed by atoms with E-state index in [1.165, 1.54) is 6.07 Å². The smallest absolute Gasteiger partial charge is 0.195 e. The molecule has 0 spiro atoms. The molecule has 1 atom stereocenters. The van der Waals surface area contributed by atoms with Crippen LogP contribution in [0.25, 0.3) is 0 Å². The van der Waals surface area contributed by atoms with Gasteiger partial charge >= 0.3 is 0 Å². The standard InChI is InChI=1S/C13H14F2N4S.ClH/c14-8-3-7-4-9(1-2-10(7)11(15)5-8)19-12(6-16)17-18-13(19)20;/h3,5,9H,1-2,4,6,16H2,(H,18,20);1H. The van der Waals surface area contributed by atoms with Crippen molar-refractivity contribution in [2.24, 2.45) is 5.73 Å². The average Bonchev–Trinajstić information content (AvgIpc) is 2.78. The van der Waals surface area contributed by atoms with Gasteiger partial charge in [-0.1, -0.05) is 0 Å². The minimum absolute atomic E-state index is 0. The van der Waals surface area contributed by atoms with Gasteiger partial charge in [0.1, 0.15) is 17.5 Å². The van der Waals surface area contributed by atoms with Crippen molar-refractivity contribution in [1.82, 2.24) is 14.8 Å². The summed E-state index contributed by atoms with van der Waals surface area (Å²) in [5.41, 5.74) is 6.95. The Kier molecular flexibility index (Phi) is 4.75. The maximum atomic E-state index is 13.7. The molecule has 1 aliphatic rings. The summed E-state index contributed by atoms with van der Waals surface area (Å²) in [5, 5.41) is 6.79. The summed E-state index contributed by atoms with van der Waals surface area (Å²) < 4.78 is 29.4. The molecule has 8 heteroatoms. The van der Waals surface area contributed by atoms with Crippen molar-refractivity contribution >= 4 is 24.6 Å². The molecular weight excluding hydrogens is 318 g/mol. The van der Waals surface area contributed by atoms with Gasteiger partial charge in [-0.2, -0.15) is 5.10 Å². The lowest BCUT2D eigenvalue weighted by Gasteiger charge is -2.26. The number of aromatic amines is 1. The topological polar surface area (TPSA) is 59.6 Å². The molecule has 4 nitrogen and oxygen atoms in total. The summed E-state index contributed by atoms with van der Waals surface area (Å²) in [6, 6.07) is 2.37. The van der Waals surface area contributed by atoms with E-state index in [1.807, 2.05) is 4.57 Å². The Hall–Kier alpha value is -1.31. The molecular formula is C13H15ClF2N4S. The first-order valence-corrected chi connectivity index (χ1v) is 6.83.